The summed E-state index contributed by atoms with van der Waals surface area (Å²) in [6.07, 6.45) is 0. The third-order valence-corrected chi connectivity index (χ3v) is 3.27. The second-order valence-corrected chi connectivity index (χ2v) is 5.06. The van der Waals surface area contributed by atoms with Gasteiger partial charge in [0.15, 0.2) is 0 Å². The zero-order valence-corrected chi connectivity index (χ0v) is 9.44. The van der Waals surface area contributed by atoms with Gasteiger partial charge in [0.2, 0.25) is 0 Å². The molecule has 0 spiro atoms. The van der Waals surface area contributed by atoms with E-state index in [1.54, 1.807) is 12.1 Å². The van der Waals surface area contributed by atoms with Crippen molar-refractivity contribution in [3.8, 4) is 0 Å². The molecule has 3 nitrogen and oxygen atoms in total. The molecule has 0 aliphatic carbocycles. The molecule has 1 unspecified atom stereocenters. The first-order valence-corrected chi connectivity index (χ1v) is 6.27. The van der Waals surface area contributed by atoms with E-state index in [2.05, 4.69) is 0 Å². The van der Waals surface area contributed by atoms with Crippen molar-refractivity contribution >= 4 is 18.6 Å². The van der Waals surface area contributed by atoms with Gasteiger partial charge in [-0.1, -0.05) is 0 Å². The second kappa shape index (κ2) is 4.63. The van der Waals surface area contributed by atoms with Crippen LogP contribution in [0, 0.1) is 0 Å². The van der Waals surface area contributed by atoms with Crippen LogP contribution in [0.2, 0.25) is 0 Å². The molecule has 0 radical (unpaired) electrons. The average molecular weight is 246 g/mol. The minimum absolute atomic E-state index is 0.594. The van der Waals surface area contributed by atoms with E-state index in [0.717, 1.165) is 5.56 Å². The summed E-state index contributed by atoms with van der Waals surface area (Å²) in [5.74, 6) is 0. The molecule has 72 valence electrons. The minimum atomic E-state index is -2.78. The third kappa shape index (κ3) is 3.01. The molecular formula is C9H13NO2Se. The van der Waals surface area contributed by atoms with Crippen LogP contribution in [0.4, 0.5) is 0 Å². The Morgan fingerprint density at radius 3 is 2.54 bits per heavy atom. The summed E-state index contributed by atoms with van der Waals surface area (Å²) >= 11 is -2.78. The van der Waals surface area contributed by atoms with E-state index >= 15 is 0 Å². The van der Waals surface area contributed by atoms with Gasteiger partial charge in [-0.25, -0.2) is 0 Å². The molecule has 13 heavy (non-hydrogen) atoms. The van der Waals surface area contributed by atoms with E-state index in [-0.39, 0.29) is 0 Å². The summed E-state index contributed by atoms with van der Waals surface area (Å²) in [5, 5.41) is 0. The first-order chi connectivity index (χ1) is 6.11. The predicted octanol–water partition coefficient (Wildman–Crippen LogP) is -0.134. The summed E-state index contributed by atoms with van der Waals surface area (Å²) < 4.78 is 20.7. The van der Waals surface area contributed by atoms with Crippen LogP contribution < -0.4 is 4.46 Å². The fourth-order valence-electron chi connectivity index (χ4n) is 1.15. The average Bonchev–Trinajstić information content (AvgIpc) is 2.03. The van der Waals surface area contributed by atoms with Crippen LogP contribution in [0.3, 0.4) is 0 Å². The van der Waals surface area contributed by atoms with Crippen molar-refractivity contribution in [3.63, 3.8) is 0 Å². The Hall–Kier alpha value is -0.541. The molecule has 0 aliphatic rings. The van der Waals surface area contributed by atoms with Gasteiger partial charge in [0.25, 0.3) is 0 Å². The van der Waals surface area contributed by atoms with Gasteiger partial charge in [0, 0.05) is 0 Å². The molecule has 4 heteroatoms. The SMILES string of the molecule is CN(C)Cc1ccccc1[Se](=O)O. The zero-order valence-electron chi connectivity index (χ0n) is 7.73. The van der Waals surface area contributed by atoms with Crippen LogP contribution >= 0.6 is 0 Å². The van der Waals surface area contributed by atoms with E-state index in [0.29, 0.717) is 11.0 Å². The van der Waals surface area contributed by atoms with Gasteiger partial charge < -0.3 is 0 Å². The van der Waals surface area contributed by atoms with Gasteiger partial charge in [0.1, 0.15) is 0 Å². The van der Waals surface area contributed by atoms with Crippen molar-refractivity contribution < 1.29 is 8.02 Å². The molecule has 0 heterocycles. The van der Waals surface area contributed by atoms with Crippen LogP contribution in [-0.4, -0.2) is 37.3 Å². The molecule has 0 saturated carbocycles. The Kier molecular flexibility index (Phi) is 3.75. The first kappa shape index (κ1) is 10.5. The van der Waals surface area contributed by atoms with Crippen molar-refractivity contribution in [3.05, 3.63) is 29.8 Å². The summed E-state index contributed by atoms with van der Waals surface area (Å²) in [6, 6.07) is 7.28. The van der Waals surface area contributed by atoms with Crippen LogP contribution in [-0.2, 0) is 10.4 Å². The maximum atomic E-state index is 11.0. The van der Waals surface area contributed by atoms with E-state index in [4.69, 9.17) is 4.19 Å². The van der Waals surface area contributed by atoms with Gasteiger partial charge in [-0.05, 0) is 0 Å². The summed E-state index contributed by atoms with van der Waals surface area (Å²) in [4.78, 5) is 1.98. The molecule has 0 bridgehead atoms. The van der Waals surface area contributed by atoms with Gasteiger partial charge in [-0.2, -0.15) is 0 Å². The molecule has 1 aromatic rings. The number of hydrogen-bond donors (Lipinski definition) is 1. The quantitative estimate of drug-likeness (QED) is 0.755. The molecule has 1 rings (SSSR count). The normalized spacial score (nSPS) is 13.2. The number of hydrogen-bond acceptors (Lipinski definition) is 2. The molecule has 0 amide bonds. The molecule has 0 aromatic heterocycles. The topological polar surface area (TPSA) is 40.5 Å². The van der Waals surface area contributed by atoms with Crippen LogP contribution in [0.25, 0.3) is 0 Å². The van der Waals surface area contributed by atoms with Crippen LogP contribution in [0.1, 0.15) is 5.56 Å². The van der Waals surface area contributed by atoms with Crippen molar-refractivity contribution in [1.82, 2.24) is 4.90 Å². The van der Waals surface area contributed by atoms with Gasteiger partial charge >= 0.3 is 82.0 Å². The molecule has 0 saturated heterocycles. The molecule has 1 N–H and O–H groups in total. The Bertz CT molecular complexity index is 312. The van der Waals surface area contributed by atoms with E-state index < -0.39 is 14.2 Å². The third-order valence-electron chi connectivity index (χ3n) is 1.65. The standard InChI is InChI=1S/C9H13NO2Se/c1-10(2)7-8-5-3-4-6-9(8)13(11)12/h3-6H,7H2,1-2H3,(H,11,12). The van der Waals surface area contributed by atoms with Crippen LogP contribution in [0.5, 0.6) is 0 Å². The van der Waals surface area contributed by atoms with E-state index in [9.17, 15) is 3.83 Å². The Balaban J connectivity index is 2.98. The molecule has 0 aliphatic heterocycles. The Labute approximate surface area is 82.4 Å². The van der Waals surface area contributed by atoms with Crippen molar-refractivity contribution in [2.45, 2.75) is 6.54 Å². The summed E-state index contributed by atoms with van der Waals surface area (Å²) in [5.41, 5.74) is 0.940. The second-order valence-electron chi connectivity index (χ2n) is 3.09. The number of nitrogens with zero attached hydrogens (tertiary/aromatic N) is 1. The summed E-state index contributed by atoms with van der Waals surface area (Å²) in [7, 11) is 3.88. The molecular weight excluding hydrogens is 233 g/mol. The molecule has 0 fully saturated rings. The van der Waals surface area contributed by atoms with Gasteiger partial charge in [0.05, 0.1) is 0 Å². The van der Waals surface area contributed by atoms with Crippen molar-refractivity contribution in [2.75, 3.05) is 14.1 Å². The first-order valence-electron chi connectivity index (χ1n) is 3.94. The van der Waals surface area contributed by atoms with Gasteiger partial charge in [-0.3, -0.25) is 0 Å². The van der Waals surface area contributed by atoms with Gasteiger partial charge in [-0.15, -0.1) is 0 Å². The molecule has 1 atom stereocenters. The van der Waals surface area contributed by atoms with Crippen molar-refractivity contribution in [1.29, 1.82) is 0 Å². The monoisotopic (exact) mass is 247 g/mol. The van der Waals surface area contributed by atoms with Crippen LogP contribution in [0.15, 0.2) is 24.3 Å². The Morgan fingerprint density at radius 2 is 2.00 bits per heavy atom. The van der Waals surface area contributed by atoms with E-state index in [1.165, 1.54) is 0 Å². The number of rotatable bonds is 3. The Morgan fingerprint density at radius 1 is 1.38 bits per heavy atom. The summed E-state index contributed by atoms with van der Waals surface area (Å²) in [6.45, 7) is 0.707. The predicted molar refractivity (Wildman–Crippen MR) is 52.1 cm³/mol. The zero-order chi connectivity index (χ0) is 9.84. The molecule has 1 aromatic carbocycles. The maximum absolute atomic E-state index is 11.0. The fourth-order valence-corrected chi connectivity index (χ4v) is 2.30. The fraction of sp³-hybridized carbons (Fsp3) is 0.333. The van der Waals surface area contributed by atoms with E-state index in [1.807, 2.05) is 31.1 Å². The number of benzene rings is 1. The van der Waals surface area contributed by atoms with Crippen molar-refractivity contribution in [2.24, 2.45) is 0 Å².